The van der Waals surface area contributed by atoms with E-state index in [2.05, 4.69) is 26.1 Å². The molecule has 23 heavy (non-hydrogen) atoms. The molecule has 3 rings (SSSR count). The fourth-order valence-electron chi connectivity index (χ4n) is 5.44. The topological polar surface area (TPSA) is 41.5 Å². The summed E-state index contributed by atoms with van der Waals surface area (Å²) in [6.45, 7) is 8.71. The lowest BCUT2D eigenvalue weighted by molar-refractivity contribution is -0.0547. The minimum absolute atomic E-state index is 0.267. The van der Waals surface area contributed by atoms with Crippen molar-refractivity contribution in [2.75, 3.05) is 13.2 Å². The highest BCUT2D eigenvalue weighted by Crippen LogP contribution is 2.66. The number of rotatable bonds is 7. The van der Waals surface area contributed by atoms with E-state index in [0.29, 0.717) is 29.6 Å². The van der Waals surface area contributed by atoms with E-state index >= 15 is 0 Å². The molecule has 0 amide bonds. The van der Waals surface area contributed by atoms with E-state index in [4.69, 9.17) is 4.74 Å². The van der Waals surface area contributed by atoms with Gasteiger partial charge in [0.25, 0.3) is 0 Å². The molecule has 3 fully saturated rings. The number of hydrogen-bond donors (Lipinski definition) is 2. The van der Waals surface area contributed by atoms with E-state index in [1.807, 2.05) is 0 Å². The monoisotopic (exact) mass is 323 g/mol. The largest absolute Gasteiger partial charge is 0.392 e. The minimum Gasteiger partial charge on any atom is -0.392 e. The predicted molar refractivity (Wildman–Crippen MR) is 94.5 cm³/mol. The van der Waals surface area contributed by atoms with Crippen LogP contribution in [0.5, 0.6) is 0 Å². The van der Waals surface area contributed by atoms with Gasteiger partial charge in [0.15, 0.2) is 0 Å². The number of aliphatic hydroxyl groups excluding tert-OH is 1. The predicted octanol–water partition coefficient (Wildman–Crippen LogP) is 3.89. The molecule has 0 aliphatic heterocycles. The van der Waals surface area contributed by atoms with Crippen LogP contribution in [0.2, 0.25) is 0 Å². The Kier molecular flexibility index (Phi) is 5.40. The van der Waals surface area contributed by atoms with Gasteiger partial charge in [-0.2, -0.15) is 0 Å². The zero-order valence-electron chi connectivity index (χ0n) is 15.4. The quantitative estimate of drug-likeness (QED) is 0.747. The summed E-state index contributed by atoms with van der Waals surface area (Å²) in [5, 5.41) is 13.8. The van der Waals surface area contributed by atoms with Crippen LogP contribution >= 0.6 is 0 Å². The summed E-state index contributed by atoms with van der Waals surface area (Å²) >= 11 is 0. The maximum Gasteiger partial charge on any atom is 0.0686 e. The number of nitrogens with one attached hydrogen (secondary N) is 1. The number of fused-ring (bicyclic) bond motifs is 2. The van der Waals surface area contributed by atoms with Gasteiger partial charge in [-0.15, -0.1) is 0 Å². The molecule has 0 radical (unpaired) electrons. The van der Waals surface area contributed by atoms with Crippen molar-refractivity contribution in [2.24, 2.45) is 16.7 Å². The molecule has 0 aromatic heterocycles. The second-order valence-corrected chi connectivity index (χ2v) is 9.16. The van der Waals surface area contributed by atoms with Crippen LogP contribution in [0.25, 0.3) is 0 Å². The Morgan fingerprint density at radius 3 is 2.48 bits per heavy atom. The molecular formula is C20H37NO2. The van der Waals surface area contributed by atoms with Crippen molar-refractivity contribution in [3.8, 4) is 0 Å². The molecule has 3 aliphatic rings. The smallest absolute Gasteiger partial charge is 0.0686 e. The van der Waals surface area contributed by atoms with Crippen molar-refractivity contribution in [1.29, 1.82) is 0 Å². The van der Waals surface area contributed by atoms with Gasteiger partial charge in [0.1, 0.15) is 0 Å². The van der Waals surface area contributed by atoms with Crippen LogP contribution in [0.4, 0.5) is 0 Å². The molecule has 3 saturated carbocycles. The Morgan fingerprint density at radius 2 is 1.87 bits per heavy atom. The number of hydrogen-bond acceptors (Lipinski definition) is 3. The molecule has 0 aromatic carbocycles. The summed E-state index contributed by atoms with van der Waals surface area (Å²) in [5.41, 5.74) is 0.752. The molecule has 3 nitrogen and oxygen atoms in total. The number of aliphatic hydroxyl groups is 1. The minimum atomic E-state index is -0.267. The lowest BCUT2D eigenvalue weighted by atomic mass is 9.70. The third kappa shape index (κ3) is 3.48. The third-order valence-electron chi connectivity index (χ3n) is 7.73. The molecular weight excluding hydrogens is 286 g/mol. The van der Waals surface area contributed by atoms with Gasteiger partial charge in [-0.3, -0.25) is 0 Å². The Labute approximate surface area is 142 Å². The SMILES string of the molecule is CC1(C)[C@@H]2CC[C@@]1(C)[C@H](OCC[C@H](O)CNC1CCCCC1)C2. The van der Waals surface area contributed by atoms with E-state index in [1.54, 1.807) is 0 Å². The van der Waals surface area contributed by atoms with Crippen molar-refractivity contribution in [2.45, 2.75) is 96.8 Å². The second kappa shape index (κ2) is 7.01. The van der Waals surface area contributed by atoms with Crippen LogP contribution in [-0.4, -0.2) is 36.5 Å². The van der Waals surface area contributed by atoms with Gasteiger partial charge in [-0.05, 0) is 55.3 Å². The molecule has 3 aliphatic carbocycles. The zero-order valence-corrected chi connectivity index (χ0v) is 15.4. The second-order valence-electron chi connectivity index (χ2n) is 9.16. The average Bonchev–Trinajstić information content (AvgIpc) is 2.87. The van der Waals surface area contributed by atoms with Crippen LogP contribution in [-0.2, 0) is 4.74 Å². The van der Waals surface area contributed by atoms with Gasteiger partial charge >= 0.3 is 0 Å². The average molecular weight is 324 g/mol. The van der Waals surface area contributed by atoms with Gasteiger partial charge in [-0.25, -0.2) is 0 Å². The van der Waals surface area contributed by atoms with Gasteiger partial charge < -0.3 is 15.2 Å². The maximum absolute atomic E-state index is 10.2. The van der Waals surface area contributed by atoms with E-state index in [-0.39, 0.29) is 6.10 Å². The first kappa shape index (κ1) is 17.7. The van der Waals surface area contributed by atoms with Crippen LogP contribution < -0.4 is 5.32 Å². The van der Waals surface area contributed by atoms with Crippen LogP contribution in [0.15, 0.2) is 0 Å². The van der Waals surface area contributed by atoms with Gasteiger partial charge in [0, 0.05) is 19.2 Å². The van der Waals surface area contributed by atoms with Crippen LogP contribution in [0.3, 0.4) is 0 Å². The van der Waals surface area contributed by atoms with E-state index in [9.17, 15) is 5.11 Å². The normalized spacial score (nSPS) is 38.1. The Morgan fingerprint density at radius 1 is 1.13 bits per heavy atom. The first-order valence-electron chi connectivity index (χ1n) is 9.96. The first-order valence-corrected chi connectivity index (χ1v) is 9.96. The van der Waals surface area contributed by atoms with E-state index in [1.165, 1.54) is 51.4 Å². The molecule has 0 aromatic rings. The highest BCUT2D eigenvalue weighted by Gasteiger charge is 2.61. The van der Waals surface area contributed by atoms with Crippen molar-refractivity contribution < 1.29 is 9.84 Å². The molecule has 4 atom stereocenters. The first-order chi connectivity index (χ1) is 10.9. The van der Waals surface area contributed by atoms with Gasteiger partial charge in [-0.1, -0.05) is 40.0 Å². The van der Waals surface area contributed by atoms with Crippen molar-refractivity contribution in [3.63, 3.8) is 0 Å². The fourth-order valence-corrected chi connectivity index (χ4v) is 5.44. The highest BCUT2D eigenvalue weighted by molar-refractivity contribution is 5.11. The molecule has 2 bridgehead atoms. The van der Waals surface area contributed by atoms with Crippen molar-refractivity contribution in [3.05, 3.63) is 0 Å². The van der Waals surface area contributed by atoms with Crippen LogP contribution in [0, 0.1) is 16.7 Å². The number of ether oxygens (including phenoxy) is 1. The molecule has 0 spiro atoms. The van der Waals surface area contributed by atoms with E-state index < -0.39 is 0 Å². The summed E-state index contributed by atoms with van der Waals surface area (Å²) in [5.74, 6) is 0.829. The molecule has 0 heterocycles. The van der Waals surface area contributed by atoms with Crippen molar-refractivity contribution >= 4 is 0 Å². The highest BCUT2D eigenvalue weighted by atomic mass is 16.5. The molecule has 0 unspecified atom stereocenters. The standard InChI is InChI=1S/C20H37NO2/c1-19(2)15-9-11-20(19,3)18(13-15)23-12-10-17(22)14-21-16-7-5-4-6-8-16/h15-18,21-22H,4-14H2,1-3H3/t15-,17+,18-,20+/m1/s1. The zero-order chi connectivity index (χ0) is 16.5. The molecule has 0 saturated heterocycles. The lowest BCUT2D eigenvalue weighted by Gasteiger charge is -2.39. The van der Waals surface area contributed by atoms with E-state index in [0.717, 1.165) is 18.9 Å². The Hall–Kier alpha value is -0.120. The Balaban J connectivity index is 1.35. The van der Waals surface area contributed by atoms with Crippen LogP contribution in [0.1, 0.15) is 78.6 Å². The summed E-state index contributed by atoms with van der Waals surface area (Å²) in [4.78, 5) is 0. The summed E-state index contributed by atoms with van der Waals surface area (Å²) in [7, 11) is 0. The Bertz CT molecular complexity index is 391. The van der Waals surface area contributed by atoms with Gasteiger partial charge in [0.05, 0.1) is 12.2 Å². The summed E-state index contributed by atoms with van der Waals surface area (Å²) in [6, 6.07) is 0.629. The molecule has 2 N–H and O–H groups in total. The summed E-state index contributed by atoms with van der Waals surface area (Å²) < 4.78 is 6.25. The maximum atomic E-state index is 10.2. The summed E-state index contributed by atoms with van der Waals surface area (Å²) in [6.07, 6.45) is 11.4. The fraction of sp³-hybridized carbons (Fsp3) is 1.00. The third-order valence-corrected chi connectivity index (χ3v) is 7.73. The lowest BCUT2D eigenvalue weighted by Crippen LogP contribution is -2.39. The van der Waals surface area contributed by atoms with Gasteiger partial charge in [0.2, 0.25) is 0 Å². The van der Waals surface area contributed by atoms with Crippen molar-refractivity contribution in [1.82, 2.24) is 5.32 Å². The molecule has 3 heteroatoms. The molecule has 134 valence electrons.